The fourth-order valence-electron chi connectivity index (χ4n) is 1.04. The molecule has 98 valence electrons. The highest BCUT2D eigenvalue weighted by Crippen LogP contribution is 2.15. The molecule has 0 aliphatic carbocycles. The summed E-state index contributed by atoms with van der Waals surface area (Å²) in [5.41, 5.74) is -1.47. The van der Waals surface area contributed by atoms with Gasteiger partial charge >= 0.3 is 5.97 Å². The Morgan fingerprint density at radius 3 is 2.24 bits per heavy atom. The van der Waals surface area contributed by atoms with E-state index in [4.69, 9.17) is 4.74 Å². The average molecular weight is 243 g/mol. The number of esters is 1. The smallest absolute Gasteiger partial charge is 0.330 e. The van der Waals surface area contributed by atoms with Crippen LogP contribution >= 0.6 is 0 Å². The molecule has 0 aromatic rings. The van der Waals surface area contributed by atoms with Crippen LogP contribution in [0.1, 0.15) is 47.5 Å². The number of carbonyl (C=O) groups excluding carboxylic acids is 1. The van der Waals surface area contributed by atoms with Crippen LogP contribution in [0.3, 0.4) is 0 Å². The Morgan fingerprint density at radius 1 is 1.29 bits per heavy atom. The van der Waals surface area contributed by atoms with Gasteiger partial charge in [0, 0.05) is 31.3 Å². The standard InChI is InChI=1S/C12H21NO4/c1-11(2,3)17-10(14)8-6-7-9-12(4,5)13(15)16/h6,8H,7,9H2,1-5H3/b8-6+. The summed E-state index contributed by atoms with van der Waals surface area (Å²) in [5.74, 6) is -0.420. The zero-order chi connectivity index (χ0) is 13.7. The van der Waals surface area contributed by atoms with E-state index in [0.29, 0.717) is 12.8 Å². The zero-order valence-electron chi connectivity index (χ0n) is 11.1. The van der Waals surface area contributed by atoms with Gasteiger partial charge in [-0.2, -0.15) is 0 Å². The SMILES string of the molecule is CC(C)(C)OC(=O)/C=C/CCC(C)(C)[N+](=O)[O-]. The minimum atomic E-state index is -0.960. The van der Waals surface area contributed by atoms with Crippen molar-refractivity contribution in [1.82, 2.24) is 0 Å². The molecule has 5 heteroatoms. The van der Waals surface area contributed by atoms with Crippen molar-refractivity contribution in [3.05, 3.63) is 22.3 Å². The number of ether oxygens (including phenoxy) is 1. The van der Waals surface area contributed by atoms with Crippen LogP contribution in [0.25, 0.3) is 0 Å². The topological polar surface area (TPSA) is 69.4 Å². The lowest BCUT2D eigenvalue weighted by Crippen LogP contribution is -2.30. The maximum Gasteiger partial charge on any atom is 0.330 e. The van der Waals surface area contributed by atoms with Crippen LogP contribution in [0.4, 0.5) is 0 Å². The normalized spacial score (nSPS) is 12.8. The summed E-state index contributed by atoms with van der Waals surface area (Å²) in [6.45, 7) is 8.49. The van der Waals surface area contributed by atoms with Crippen molar-refractivity contribution < 1.29 is 14.5 Å². The van der Waals surface area contributed by atoms with Crippen molar-refractivity contribution in [3.63, 3.8) is 0 Å². The number of carbonyl (C=O) groups is 1. The van der Waals surface area contributed by atoms with Crippen molar-refractivity contribution in [2.75, 3.05) is 0 Å². The Morgan fingerprint density at radius 2 is 1.82 bits per heavy atom. The molecule has 0 fully saturated rings. The predicted octanol–water partition coefficient (Wildman–Crippen LogP) is 2.72. The first kappa shape index (κ1) is 15.6. The molecule has 17 heavy (non-hydrogen) atoms. The van der Waals surface area contributed by atoms with Gasteiger partial charge in [0.2, 0.25) is 5.54 Å². The lowest BCUT2D eigenvalue weighted by molar-refractivity contribution is -0.561. The molecule has 0 aliphatic rings. The van der Waals surface area contributed by atoms with E-state index in [1.807, 2.05) is 0 Å². The van der Waals surface area contributed by atoms with Gasteiger partial charge < -0.3 is 4.74 Å². The molecular weight excluding hydrogens is 222 g/mol. The first-order valence-corrected chi connectivity index (χ1v) is 5.58. The lowest BCUT2D eigenvalue weighted by atomic mass is 9.99. The molecule has 5 nitrogen and oxygen atoms in total. The summed E-state index contributed by atoms with van der Waals surface area (Å²) >= 11 is 0. The van der Waals surface area contributed by atoms with Crippen LogP contribution in [-0.2, 0) is 9.53 Å². The molecule has 0 amide bonds. The first-order chi connectivity index (χ1) is 7.54. The van der Waals surface area contributed by atoms with E-state index < -0.39 is 17.1 Å². The van der Waals surface area contributed by atoms with Gasteiger partial charge in [0.25, 0.3) is 0 Å². The average Bonchev–Trinajstić information content (AvgIpc) is 2.09. The predicted molar refractivity (Wildman–Crippen MR) is 65.3 cm³/mol. The molecule has 0 saturated heterocycles. The van der Waals surface area contributed by atoms with Gasteiger partial charge in [-0.3, -0.25) is 10.1 Å². The zero-order valence-corrected chi connectivity index (χ0v) is 11.1. The summed E-state index contributed by atoms with van der Waals surface area (Å²) in [6.07, 6.45) is 3.80. The van der Waals surface area contributed by atoms with E-state index in [2.05, 4.69) is 0 Å². The number of rotatable bonds is 5. The van der Waals surface area contributed by atoms with E-state index in [1.165, 1.54) is 6.08 Å². The van der Waals surface area contributed by atoms with Crippen LogP contribution < -0.4 is 0 Å². The van der Waals surface area contributed by atoms with Crippen LogP contribution in [0.2, 0.25) is 0 Å². The molecule has 0 unspecified atom stereocenters. The van der Waals surface area contributed by atoms with E-state index in [0.717, 1.165) is 0 Å². The van der Waals surface area contributed by atoms with Gasteiger partial charge in [-0.15, -0.1) is 0 Å². The van der Waals surface area contributed by atoms with E-state index in [-0.39, 0.29) is 4.92 Å². The summed E-state index contributed by atoms with van der Waals surface area (Å²) in [7, 11) is 0. The van der Waals surface area contributed by atoms with Crippen molar-refractivity contribution in [3.8, 4) is 0 Å². The van der Waals surface area contributed by atoms with Crippen molar-refractivity contribution in [2.24, 2.45) is 0 Å². The van der Waals surface area contributed by atoms with Gasteiger partial charge in [0.15, 0.2) is 0 Å². The number of hydrogen-bond donors (Lipinski definition) is 0. The number of allylic oxidation sites excluding steroid dienone is 1. The summed E-state index contributed by atoms with van der Waals surface area (Å²) < 4.78 is 5.06. The largest absolute Gasteiger partial charge is 0.457 e. The van der Waals surface area contributed by atoms with Crippen LogP contribution in [0.5, 0.6) is 0 Å². The quantitative estimate of drug-likeness (QED) is 0.322. The minimum Gasteiger partial charge on any atom is -0.457 e. The maximum atomic E-state index is 11.3. The molecule has 0 spiro atoms. The second-order valence-corrected chi connectivity index (χ2v) is 5.54. The van der Waals surface area contributed by atoms with Gasteiger partial charge in [-0.1, -0.05) is 6.08 Å². The molecule has 0 aromatic carbocycles. The third-order valence-electron chi connectivity index (χ3n) is 2.08. The molecule has 0 N–H and O–H groups in total. The lowest BCUT2D eigenvalue weighted by Gasteiger charge is -2.18. The fraction of sp³-hybridized carbons (Fsp3) is 0.750. The molecule has 0 radical (unpaired) electrons. The highest BCUT2D eigenvalue weighted by atomic mass is 16.6. The fourth-order valence-corrected chi connectivity index (χ4v) is 1.04. The van der Waals surface area contributed by atoms with E-state index in [1.54, 1.807) is 40.7 Å². The van der Waals surface area contributed by atoms with E-state index in [9.17, 15) is 14.9 Å². The van der Waals surface area contributed by atoms with Gasteiger partial charge in [0.1, 0.15) is 5.60 Å². The molecule has 0 aromatic heterocycles. The van der Waals surface area contributed by atoms with Gasteiger partial charge in [-0.25, -0.2) is 4.79 Å². The second-order valence-electron chi connectivity index (χ2n) is 5.54. The maximum absolute atomic E-state index is 11.3. The highest BCUT2D eigenvalue weighted by Gasteiger charge is 2.29. The monoisotopic (exact) mass is 243 g/mol. The summed E-state index contributed by atoms with van der Waals surface area (Å²) in [6, 6.07) is 0. The minimum absolute atomic E-state index is 0.311. The Labute approximate surface area is 102 Å². The Kier molecular flexibility index (Phi) is 5.32. The van der Waals surface area contributed by atoms with Gasteiger partial charge in [-0.05, 0) is 27.2 Å². The van der Waals surface area contributed by atoms with Crippen molar-refractivity contribution in [1.29, 1.82) is 0 Å². The number of hydrogen-bond acceptors (Lipinski definition) is 4. The molecule has 0 saturated carbocycles. The summed E-state index contributed by atoms with van der Waals surface area (Å²) in [4.78, 5) is 21.6. The highest BCUT2D eigenvalue weighted by molar-refractivity contribution is 5.82. The molecule has 0 aliphatic heterocycles. The van der Waals surface area contributed by atoms with E-state index >= 15 is 0 Å². The summed E-state index contributed by atoms with van der Waals surface area (Å²) in [5, 5.41) is 10.6. The van der Waals surface area contributed by atoms with Crippen LogP contribution in [0, 0.1) is 10.1 Å². The number of nitro groups is 1. The second kappa shape index (κ2) is 5.80. The third-order valence-corrected chi connectivity index (χ3v) is 2.08. The van der Waals surface area contributed by atoms with Gasteiger partial charge in [0.05, 0.1) is 0 Å². The molecule has 0 bridgehead atoms. The Bertz CT molecular complexity index is 313. The molecule has 0 heterocycles. The van der Waals surface area contributed by atoms with Crippen molar-refractivity contribution >= 4 is 5.97 Å². The van der Waals surface area contributed by atoms with Crippen molar-refractivity contribution in [2.45, 2.75) is 58.6 Å². The van der Waals surface area contributed by atoms with Crippen LogP contribution in [0.15, 0.2) is 12.2 Å². The number of nitrogens with zero attached hydrogens (tertiary/aromatic N) is 1. The van der Waals surface area contributed by atoms with Crippen LogP contribution in [-0.4, -0.2) is 22.0 Å². The Balaban J connectivity index is 4.06. The molecular formula is C12H21NO4. The Hall–Kier alpha value is -1.39. The molecule has 0 rings (SSSR count). The first-order valence-electron chi connectivity index (χ1n) is 5.58. The third kappa shape index (κ3) is 7.49. The molecule has 0 atom stereocenters.